The maximum Gasteiger partial charge on any atom is 0.319 e. The molecule has 6 nitrogen and oxygen atoms in total. The van der Waals surface area contributed by atoms with E-state index in [-0.39, 0.29) is 12.1 Å². The molecule has 1 atom stereocenters. The Morgan fingerprint density at radius 3 is 2.76 bits per heavy atom. The summed E-state index contributed by atoms with van der Waals surface area (Å²) in [5.74, 6) is 1.66. The highest BCUT2D eigenvalue weighted by Gasteiger charge is 2.15. The molecule has 0 aliphatic heterocycles. The minimum absolute atomic E-state index is 0.143. The summed E-state index contributed by atoms with van der Waals surface area (Å²) in [6, 6.07) is 11.1. The molecule has 0 radical (unpaired) electrons. The molecule has 2 aromatic heterocycles. The van der Waals surface area contributed by atoms with E-state index in [2.05, 4.69) is 15.7 Å². The Bertz CT molecular complexity index is 852. The Labute approximate surface area is 146 Å². The van der Waals surface area contributed by atoms with Crippen molar-refractivity contribution in [2.24, 2.45) is 0 Å². The Hall–Kier alpha value is -3.02. The van der Waals surface area contributed by atoms with Crippen molar-refractivity contribution < 1.29 is 9.21 Å². The molecular formula is C19H22N4O2. The van der Waals surface area contributed by atoms with E-state index in [0.29, 0.717) is 6.54 Å². The van der Waals surface area contributed by atoms with Crippen LogP contribution in [0.15, 0.2) is 53.2 Å². The first-order valence-corrected chi connectivity index (χ1v) is 8.22. The number of nitrogens with zero attached hydrogens (tertiary/aromatic N) is 2. The fraction of sp³-hybridized carbons (Fsp3) is 0.263. The summed E-state index contributed by atoms with van der Waals surface area (Å²) in [5, 5.41) is 10.1. The van der Waals surface area contributed by atoms with Crippen LogP contribution in [0.5, 0.6) is 0 Å². The van der Waals surface area contributed by atoms with Gasteiger partial charge in [-0.1, -0.05) is 18.2 Å². The zero-order valence-corrected chi connectivity index (χ0v) is 14.6. The van der Waals surface area contributed by atoms with Crippen LogP contribution in [0.1, 0.15) is 35.6 Å². The Balaban J connectivity index is 1.68. The van der Waals surface area contributed by atoms with Crippen molar-refractivity contribution in [3.8, 4) is 0 Å². The second-order valence-corrected chi connectivity index (χ2v) is 6.05. The van der Waals surface area contributed by atoms with Crippen molar-refractivity contribution in [2.45, 2.75) is 33.4 Å². The first-order chi connectivity index (χ1) is 12.0. The molecule has 2 N–H and O–H groups in total. The molecule has 3 aromatic rings. The fourth-order valence-electron chi connectivity index (χ4n) is 2.86. The second kappa shape index (κ2) is 7.25. The van der Waals surface area contributed by atoms with Crippen LogP contribution in [0.4, 0.5) is 10.5 Å². The maximum atomic E-state index is 12.4. The SMILES string of the molecule is Cc1cc([C@H](C)NC(=O)Nc2ccccc2Cn2cccn2)c(C)o1. The van der Waals surface area contributed by atoms with E-state index < -0.39 is 0 Å². The summed E-state index contributed by atoms with van der Waals surface area (Å²) >= 11 is 0. The monoisotopic (exact) mass is 338 g/mol. The molecular weight excluding hydrogens is 316 g/mol. The molecule has 0 unspecified atom stereocenters. The Morgan fingerprint density at radius 1 is 1.28 bits per heavy atom. The van der Waals surface area contributed by atoms with Gasteiger partial charge < -0.3 is 15.1 Å². The number of para-hydroxylation sites is 1. The molecule has 6 heteroatoms. The van der Waals surface area contributed by atoms with Crippen LogP contribution in [0.2, 0.25) is 0 Å². The van der Waals surface area contributed by atoms with E-state index in [1.807, 2.05) is 68.0 Å². The summed E-state index contributed by atoms with van der Waals surface area (Å²) in [7, 11) is 0. The number of amides is 2. The molecule has 130 valence electrons. The normalized spacial score (nSPS) is 12.0. The van der Waals surface area contributed by atoms with Gasteiger partial charge in [-0.15, -0.1) is 0 Å². The average molecular weight is 338 g/mol. The van der Waals surface area contributed by atoms with Gasteiger partial charge in [0.1, 0.15) is 11.5 Å². The van der Waals surface area contributed by atoms with Crippen LogP contribution in [0, 0.1) is 13.8 Å². The number of nitrogens with one attached hydrogen (secondary N) is 2. The fourth-order valence-corrected chi connectivity index (χ4v) is 2.86. The summed E-state index contributed by atoms with van der Waals surface area (Å²) in [6.45, 7) is 6.33. The van der Waals surface area contributed by atoms with Gasteiger partial charge in [-0.05, 0) is 44.5 Å². The van der Waals surface area contributed by atoms with Gasteiger partial charge in [0.05, 0.1) is 12.6 Å². The minimum Gasteiger partial charge on any atom is -0.466 e. The van der Waals surface area contributed by atoms with Crippen LogP contribution in [0.3, 0.4) is 0 Å². The number of carbonyl (C=O) groups excluding carboxylic acids is 1. The van der Waals surface area contributed by atoms with Gasteiger partial charge in [0, 0.05) is 23.6 Å². The predicted molar refractivity (Wildman–Crippen MR) is 96.5 cm³/mol. The van der Waals surface area contributed by atoms with Gasteiger partial charge in [0.2, 0.25) is 0 Å². The van der Waals surface area contributed by atoms with Gasteiger partial charge in [0.15, 0.2) is 0 Å². The van der Waals surface area contributed by atoms with Crippen molar-refractivity contribution >= 4 is 11.7 Å². The number of carbonyl (C=O) groups is 1. The van der Waals surface area contributed by atoms with E-state index in [9.17, 15) is 4.79 Å². The average Bonchev–Trinajstić information content (AvgIpc) is 3.18. The molecule has 0 saturated heterocycles. The van der Waals surface area contributed by atoms with Gasteiger partial charge >= 0.3 is 6.03 Å². The van der Waals surface area contributed by atoms with Crippen LogP contribution >= 0.6 is 0 Å². The zero-order chi connectivity index (χ0) is 17.8. The van der Waals surface area contributed by atoms with Gasteiger partial charge in [0.25, 0.3) is 0 Å². The third-order valence-corrected chi connectivity index (χ3v) is 4.05. The quantitative estimate of drug-likeness (QED) is 0.738. The number of hydrogen-bond donors (Lipinski definition) is 2. The van der Waals surface area contributed by atoms with Crippen LogP contribution in [-0.4, -0.2) is 15.8 Å². The van der Waals surface area contributed by atoms with E-state index in [0.717, 1.165) is 28.3 Å². The highest BCUT2D eigenvalue weighted by atomic mass is 16.3. The van der Waals surface area contributed by atoms with E-state index >= 15 is 0 Å². The lowest BCUT2D eigenvalue weighted by Gasteiger charge is -2.16. The first kappa shape index (κ1) is 16.8. The lowest BCUT2D eigenvalue weighted by Crippen LogP contribution is -2.31. The molecule has 2 amide bonds. The van der Waals surface area contributed by atoms with Crippen LogP contribution in [0.25, 0.3) is 0 Å². The van der Waals surface area contributed by atoms with Gasteiger partial charge in [-0.25, -0.2) is 4.79 Å². The summed E-state index contributed by atoms with van der Waals surface area (Å²) in [6.07, 6.45) is 3.63. The molecule has 0 fully saturated rings. The number of aromatic nitrogens is 2. The van der Waals surface area contributed by atoms with Crippen molar-refractivity contribution in [1.29, 1.82) is 0 Å². The summed E-state index contributed by atoms with van der Waals surface area (Å²) in [4.78, 5) is 12.4. The number of aryl methyl sites for hydroxylation is 2. The number of furan rings is 1. The topological polar surface area (TPSA) is 72.1 Å². The highest BCUT2D eigenvalue weighted by Crippen LogP contribution is 2.22. The molecule has 0 aliphatic carbocycles. The zero-order valence-electron chi connectivity index (χ0n) is 14.6. The molecule has 25 heavy (non-hydrogen) atoms. The standard InChI is InChI=1S/C19H22N4O2/c1-13-11-17(15(3)25-13)14(2)21-19(24)22-18-8-5-4-7-16(18)12-23-10-6-9-20-23/h4-11,14H,12H2,1-3H3,(H2,21,22,24)/t14-/m0/s1. The summed E-state index contributed by atoms with van der Waals surface area (Å²) in [5.41, 5.74) is 2.74. The second-order valence-electron chi connectivity index (χ2n) is 6.05. The Kier molecular flexibility index (Phi) is 4.88. The molecule has 0 spiro atoms. The number of benzene rings is 1. The van der Waals surface area contributed by atoms with Crippen LogP contribution in [-0.2, 0) is 6.54 Å². The van der Waals surface area contributed by atoms with Gasteiger partial charge in [-0.2, -0.15) is 5.10 Å². The molecule has 1 aromatic carbocycles. The third-order valence-electron chi connectivity index (χ3n) is 4.05. The maximum absolute atomic E-state index is 12.4. The van der Waals surface area contributed by atoms with Crippen molar-refractivity contribution in [3.63, 3.8) is 0 Å². The number of anilines is 1. The summed E-state index contributed by atoms with van der Waals surface area (Å²) < 4.78 is 7.35. The largest absolute Gasteiger partial charge is 0.466 e. The Morgan fingerprint density at radius 2 is 2.08 bits per heavy atom. The number of urea groups is 1. The third kappa shape index (κ3) is 4.09. The minimum atomic E-state index is -0.251. The number of hydrogen-bond acceptors (Lipinski definition) is 3. The predicted octanol–water partition coefficient (Wildman–Crippen LogP) is 4.02. The van der Waals surface area contributed by atoms with E-state index in [1.165, 1.54) is 0 Å². The van der Waals surface area contributed by atoms with Crippen LogP contribution < -0.4 is 10.6 Å². The van der Waals surface area contributed by atoms with E-state index in [4.69, 9.17) is 4.42 Å². The molecule has 0 saturated carbocycles. The highest BCUT2D eigenvalue weighted by molar-refractivity contribution is 5.90. The van der Waals surface area contributed by atoms with Crippen molar-refractivity contribution in [2.75, 3.05) is 5.32 Å². The molecule has 0 aliphatic rings. The first-order valence-electron chi connectivity index (χ1n) is 8.22. The lowest BCUT2D eigenvalue weighted by atomic mass is 10.1. The molecule has 3 rings (SSSR count). The van der Waals surface area contributed by atoms with Crippen molar-refractivity contribution in [3.05, 3.63) is 71.4 Å². The lowest BCUT2D eigenvalue weighted by molar-refractivity contribution is 0.249. The molecule has 0 bridgehead atoms. The van der Waals surface area contributed by atoms with Gasteiger partial charge in [-0.3, -0.25) is 4.68 Å². The van der Waals surface area contributed by atoms with Crippen molar-refractivity contribution in [1.82, 2.24) is 15.1 Å². The number of rotatable bonds is 5. The smallest absolute Gasteiger partial charge is 0.319 e. The molecule has 2 heterocycles. The van der Waals surface area contributed by atoms with E-state index in [1.54, 1.807) is 6.20 Å².